The summed E-state index contributed by atoms with van der Waals surface area (Å²) in [5.74, 6) is -0.211. The van der Waals surface area contributed by atoms with Gasteiger partial charge in [0.1, 0.15) is 0 Å². The van der Waals surface area contributed by atoms with E-state index in [1.807, 2.05) is 109 Å². The van der Waals surface area contributed by atoms with Crippen molar-refractivity contribution in [1.29, 1.82) is 0 Å². The van der Waals surface area contributed by atoms with E-state index in [1.165, 1.54) is 0 Å². The number of hydrogen-bond acceptors (Lipinski definition) is 3. The smallest absolute Gasteiger partial charge is 0.279 e. The molecule has 0 saturated carbocycles. The highest BCUT2D eigenvalue weighted by atomic mass is 35.5. The highest BCUT2D eigenvalue weighted by Gasteiger charge is 2.34. The minimum absolute atomic E-state index is 0.211. The van der Waals surface area contributed by atoms with Crippen LogP contribution in [0, 0.1) is 0 Å². The first-order chi connectivity index (χ1) is 20.2. The number of rotatable bonds is 7. The Balaban J connectivity index is 1.48. The predicted molar refractivity (Wildman–Crippen MR) is 169 cm³/mol. The molecule has 0 aromatic heterocycles. The minimum atomic E-state index is -0.211. The number of carbonyl (C=O) groups excluding carboxylic acids is 1. The van der Waals surface area contributed by atoms with Gasteiger partial charge in [0.15, 0.2) is 5.71 Å². The molecule has 0 atom stereocenters. The topological polar surface area (TPSA) is 45.0 Å². The van der Waals surface area contributed by atoms with Crippen molar-refractivity contribution in [2.45, 2.75) is 6.54 Å². The molecule has 41 heavy (non-hydrogen) atoms. The van der Waals surface area contributed by atoms with E-state index < -0.39 is 0 Å². The van der Waals surface area contributed by atoms with Crippen molar-refractivity contribution in [3.8, 4) is 0 Å². The van der Waals surface area contributed by atoms with Gasteiger partial charge in [-0.3, -0.25) is 4.79 Å². The van der Waals surface area contributed by atoms with Crippen LogP contribution in [0.1, 0.15) is 27.8 Å². The molecule has 1 aliphatic heterocycles. The van der Waals surface area contributed by atoms with Crippen LogP contribution in [-0.4, -0.2) is 17.3 Å². The summed E-state index contributed by atoms with van der Waals surface area (Å²) in [4.78, 5) is 15.5. The van der Waals surface area contributed by atoms with E-state index in [4.69, 9.17) is 16.7 Å². The summed E-state index contributed by atoms with van der Waals surface area (Å²) in [5, 5.41) is 9.87. The molecule has 0 spiro atoms. The SMILES string of the molecule is O=C1/C(=N\N=C(/C=C(c2ccccc2)c2ccccc2)c2ccccc2)c2cc(Cl)ccc2N1Cc1ccccc1. The Morgan fingerprint density at radius 1 is 0.683 bits per heavy atom. The van der Waals surface area contributed by atoms with Gasteiger partial charge in [-0.1, -0.05) is 133 Å². The Morgan fingerprint density at radius 3 is 1.80 bits per heavy atom. The van der Waals surface area contributed by atoms with Gasteiger partial charge in [-0.2, -0.15) is 0 Å². The second-order valence-corrected chi connectivity index (χ2v) is 10.1. The Morgan fingerprint density at radius 2 is 1.22 bits per heavy atom. The average Bonchev–Trinajstić information content (AvgIpc) is 3.28. The van der Waals surface area contributed by atoms with Crippen LogP contribution in [0.25, 0.3) is 5.57 Å². The zero-order valence-corrected chi connectivity index (χ0v) is 22.9. The van der Waals surface area contributed by atoms with Gasteiger partial charge in [-0.05, 0) is 46.5 Å². The summed E-state index contributed by atoms with van der Waals surface area (Å²) in [6.07, 6.45) is 2.03. The summed E-state index contributed by atoms with van der Waals surface area (Å²) < 4.78 is 0. The molecule has 0 N–H and O–H groups in total. The van der Waals surface area contributed by atoms with Crippen LogP contribution in [-0.2, 0) is 11.3 Å². The zero-order valence-electron chi connectivity index (χ0n) is 22.2. The highest BCUT2D eigenvalue weighted by molar-refractivity contribution is 6.54. The fraction of sp³-hybridized carbons (Fsp3) is 0.0278. The van der Waals surface area contributed by atoms with Gasteiger partial charge < -0.3 is 4.90 Å². The van der Waals surface area contributed by atoms with Crippen LogP contribution in [0.3, 0.4) is 0 Å². The standard InChI is InChI=1S/C36H26ClN3O/c37-30-21-22-34-32(23-30)35(36(41)40(34)25-26-13-5-1-6-14-26)39-38-33(29-19-11-4-12-20-29)24-31(27-15-7-2-8-16-27)28-17-9-3-10-18-28/h1-24H,25H2/b38-33+,39-35-. The third-order valence-electron chi connectivity index (χ3n) is 6.91. The molecular weight excluding hydrogens is 526 g/mol. The number of benzene rings is 5. The van der Waals surface area contributed by atoms with E-state index in [2.05, 4.69) is 29.4 Å². The second-order valence-electron chi connectivity index (χ2n) is 9.63. The maximum Gasteiger partial charge on any atom is 0.279 e. The average molecular weight is 552 g/mol. The number of fused-ring (bicyclic) bond motifs is 1. The number of carbonyl (C=O) groups is 1. The van der Waals surface area contributed by atoms with E-state index in [-0.39, 0.29) is 11.6 Å². The van der Waals surface area contributed by atoms with Gasteiger partial charge in [-0.25, -0.2) is 0 Å². The van der Waals surface area contributed by atoms with Gasteiger partial charge in [0, 0.05) is 16.1 Å². The first kappa shape index (κ1) is 26.2. The number of allylic oxidation sites excluding steroid dienone is 1. The molecule has 1 aliphatic rings. The van der Waals surface area contributed by atoms with Crippen molar-refractivity contribution in [2.75, 3.05) is 4.90 Å². The lowest BCUT2D eigenvalue weighted by Crippen LogP contribution is -2.29. The van der Waals surface area contributed by atoms with Crippen LogP contribution in [0.15, 0.2) is 156 Å². The molecular formula is C36H26ClN3O. The van der Waals surface area contributed by atoms with Gasteiger partial charge in [0.05, 0.1) is 17.9 Å². The van der Waals surface area contributed by atoms with E-state index in [0.29, 0.717) is 22.8 Å². The third kappa shape index (κ3) is 5.79. The Hall–Kier alpha value is -5.06. The quantitative estimate of drug-likeness (QED) is 0.148. The van der Waals surface area contributed by atoms with Crippen LogP contribution in [0.4, 0.5) is 5.69 Å². The first-order valence-electron chi connectivity index (χ1n) is 13.4. The minimum Gasteiger partial charge on any atom is -0.302 e. The predicted octanol–water partition coefficient (Wildman–Crippen LogP) is 8.21. The van der Waals surface area contributed by atoms with E-state index in [1.54, 1.807) is 17.0 Å². The van der Waals surface area contributed by atoms with Crippen molar-refractivity contribution >= 4 is 40.2 Å². The number of anilines is 1. The molecule has 4 nitrogen and oxygen atoms in total. The second kappa shape index (κ2) is 12.0. The van der Waals surface area contributed by atoms with Gasteiger partial charge >= 0.3 is 0 Å². The monoisotopic (exact) mass is 551 g/mol. The zero-order chi connectivity index (χ0) is 28.0. The van der Waals surface area contributed by atoms with Gasteiger partial charge in [-0.15, -0.1) is 10.2 Å². The maximum atomic E-state index is 13.8. The number of halogens is 1. The number of nitrogens with zero attached hydrogens (tertiary/aromatic N) is 3. The normalized spacial score (nSPS) is 13.8. The molecule has 0 bridgehead atoms. The highest BCUT2D eigenvalue weighted by Crippen LogP contribution is 2.33. The van der Waals surface area contributed by atoms with Crippen LogP contribution >= 0.6 is 11.6 Å². The summed E-state index contributed by atoms with van der Waals surface area (Å²) in [6.45, 7) is 0.425. The lowest BCUT2D eigenvalue weighted by Gasteiger charge is -2.16. The van der Waals surface area contributed by atoms with E-state index in [0.717, 1.165) is 33.5 Å². The van der Waals surface area contributed by atoms with Crippen molar-refractivity contribution in [3.05, 3.63) is 178 Å². The number of hydrogen-bond donors (Lipinski definition) is 0. The molecule has 1 heterocycles. The largest absolute Gasteiger partial charge is 0.302 e. The first-order valence-corrected chi connectivity index (χ1v) is 13.7. The molecule has 198 valence electrons. The Labute approximate surface area is 244 Å². The van der Waals surface area contributed by atoms with E-state index in [9.17, 15) is 4.79 Å². The van der Waals surface area contributed by atoms with E-state index >= 15 is 0 Å². The van der Waals surface area contributed by atoms with Crippen LogP contribution in [0.5, 0.6) is 0 Å². The van der Waals surface area contributed by atoms with Crippen molar-refractivity contribution in [2.24, 2.45) is 10.2 Å². The van der Waals surface area contributed by atoms with Gasteiger partial charge in [0.2, 0.25) is 0 Å². The molecule has 5 aromatic carbocycles. The van der Waals surface area contributed by atoms with Crippen LogP contribution < -0.4 is 4.90 Å². The molecule has 0 saturated heterocycles. The maximum absolute atomic E-state index is 13.8. The molecule has 1 amide bonds. The van der Waals surface area contributed by atoms with Crippen LogP contribution in [0.2, 0.25) is 5.02 Å². The number of amides is 1. The molecule has 0 radical (unpaired) electrons. The molecule has 5 aromatic rings. The summed E-state index contributed by atoms with van der Waals surface area (Å²) in [6, 6.07) is 45.6. The van der Waals surface area contributed by atoms with Crippen molar-refractivity contribution < 1.29 is 4.79 Å². The van der Waals surface area contributed by atoms with Crippen molar-refractivity contribution in [1.82, 2.24) is 0 Å². The molecule has 6 rings (SSSR count). The fourth-order valence-corrected chi connectivity index (χ4v) is 5.07. The summed E-state index contributed by atoms with van der Waals surface area (Å²) in [7, 11) is 0. The summed E-state index contributed by atoms with van der Waals surface area (Å²) in [5.41, 5.74) is 7.36. The van der Waals surface area contributed by atoms with Crippen molar-refractivity contribution in [3.63, 3.8) is 0 Å². The lowest BCUT2D eigenvalue weighted by molar-refractivity contribution is -0.112. The molecule has 5 heteroatoms. The third-order valence-corrected chi connectivity index (χ3v) is 7.15. The summed E-state index contributed by atoms with van der Waals surface area (Å²) >= 11 is 6.38. The Bertz CT molecular complexity index is 1720. The molecule has 0 unspecified atom stereocenters. The molecule has 0 aliphatic carbocycles. The molecule has 0 fully saturated rings. The lowest BCUT2D eigenvalue weighted by atomic mass is 9.95. The Kier molecular flexibility index (Phi) is 7.65. The van der Waals surface area contributed by atoms with Gasteiger partial charge in [0.25, 0.3) is 5.91 Å². The fourth-order valence-electron chi connectivity index (χ4n) is 4.89.